The highest BCUT2D eigenvalue weighted by Gasteiger charge is 2.40. The van der Waals surface area contributed by atoms with E-state index >= 15 is 0 Å². The van der Waals surface area contributed by atoms with Crippen molar-refractivity contribution in [2.45, 2.75) is 12.3 Å². The van der Waals surface area contributed by atoms with Crippen molar-refractivity contribution in [1.29, 1.82) is 0 Å². The summed E-state index contributed by atoms with van der Waals surface area (Å²) in [4.78, 5) is 46.3. The highest BCUT2D eigenvalue weighted by molar-refractivity contribution is 7.12. The van der Waals surface area contributed by atoms with Gasteiger partial charge >= 0.3 is 5.97 Å². The average Bonchev–Trinajstić information content (AvgIpc) is 3.77. The van der Waals surface area contributed by atoms with Crippen molar-refractivity contribution in [2.75, 3.05) is 30.4 Å². The lowest BCUT2D eigenvalue weighted by atomic mass is 9.89. The van der Waals surface area contributed by atoms with Crippen molar-refractivity contribution >= 4 is 57.6 Å². The molecule has 3 heterocycles. The molecule has 2 aromatic heterocycles. The van der Waals surface area contributed by atoms with E-state index in [1.807, 2.05) is 84.2 Å². The molecule has 0 saturated carbocycles. The van der Waals surface area contributed by atoms with Crippen LogP contribution in [0.1, 0.15) is 26.7 Å². The summed E-state index contributed by atoms with van der Waals surface area (Å²) in [6.07, 6.45) is 0.167. The molecular weight excluding hydrogens is 552 g/mol. The van der Waals surface area contributed by atoms with Crippen molar-refractivity contribution in [2.24, 2.45) is 5.92 Å². The number of anilines is 3. The molecule has 10 heteroatoms. The minimum absolute atomic E-state index is 0.110. The first-order valence-electron chi connectivity index (χ1n) is 13.5. The van der Waals surface area contributed by atoms with Crippen LogP contribution in [0.2, 0.25) is 0 Å². The normalized spacial score (nSPS) is 16.5. The Hall–Kier alpha value is -4.96. The van der Waals surface area contributed by atoms with E-state index < -0.39 is 11.9 Å². The predicted octanol–water partition coefficient (Wildman–Crippen LogP) is 5.78. The second kappa shape index (κ2) is 11.5. The third-order valence-electron chi connectivity index (χ3n) is 7.57. The van der Waals surface area contributed by atoms with Gasteiger partial charge < -0.3 is 24.6 Å². The van der Waals surface area contributed by atoms with E-state index in [-0.39, 0.29) is 30.7 Å². The standard InChI is InChI=1S/C32H28N4O5S/c1-35(29(37)17-20-9-14-26-27(16-20)41-32(34-26)33-22-6-3-2-4-7-22)23-12-10-21(11-13-23)24-18-36(19-25(24)31(39)40)30(38)28-8-5-15-42-28/h2-16,24-25H,17-19H2,1H3,(H,33,34)(H,39,40). The molecule has 2 amide bonds. The van der Waals surface area contributed by atoms with Gasteiger partial charge in [-0.05, 0) is 59.0 Å². The minimum Gasteiger partial charge on any atom is -0.481 e. The fourth-order valence-corrected chi connectivity index (χ4v) is 5.96. The van der Waals surface area contributed by atoms with E-state index in [0.717, 1.165) is 16.8 Å². The first-order valence-corrected chi connectivity index (χ1v) is 14.4. The summed E-state index contributed by atoms with van der Waals surface area (Å²) in [6.45, 7) is 0.491. The van der Waals surface area contributed by atoms with Gasteiger partial charge in [-0.15, -0.1) is 11.3 Å². The molecule has 42 heavy (non-hydrogen) atoms. The Morgan fingerprint density at radius 2 is 1.81 bits per heavy atom. The van der Waals surface area contributed by atoms with Gasteiger partial charge in [-0.1, -0.05) is 42.5 Å². The number of thiophene rings is 1. The number of nitrogens with one attached hydrogen (secondary N) is 1. The number of aromatic nitrogens is 1. The zero-order chi connectivity index (χ0) is 29.2. The number of aliphatic carboxylic acids is 1. The van der Waals surface area contributed by atoms with Crippen LogP contribution in [0.15, 0.2) is 94.7 Å². The summed E-state index contributed by atoms with van der Waals surface area (Å²) in [6, 6.07) is 26.4. The van der Waals surface area contributed by atoms with Crippen molar-refractivity contribution in [3.8, 4) is 0 Å². The van der Waals surface area contributed by atoms with E-state index in [1.165, 1.54) is 11.3 Å². The van der Waals surface area contributed by atoms with Crippen LogP contribution >= 0.6 is 11.3 Å². The summed E-state index contributed by atoms with van der Waals surface area (Å²) in [5.41, 5.74) is 4.45. The molecule has 1 saturated heterocycles. The number of likely N-dealkylation sites (tertiary alicyclic amines) is 1. The molecule has 6 rings (SSSR count). The van der Waals surface area contributed by atoms with Gasteiger partial charge in [0.1, 0.15) is 5.52 Å². The molecular formula is C32H28N4O5S. The number of likely N-dealkylation sites (N-methyl/N-ethyl adjacent to an activating group) is 1. The first kappa shape index (κ1) is 27.2. The second-order valence-electron chi connectivity index (χ2n) is 10.3. The van der Waals surface area contributed by atoms with Crippen LogP contribution in [-0.4, -0.2) is 52.9 Å². The van der Waals surface area contributed by atoms with Crippen LogP contribution in [0.5, 0.6) is 0 Å². The molecule has 2 unspecified atom stereocenters. The number of hydrogen-bond donors (Lipinski definition) is 2. The molecule has 212 valence electrons. The number of oxazole rings is 1. The zero-order valence-electron chi connectivity index (χ0n) is 22.8. The smallest absolute Gasteiger partial charge is 0.308 e. The molecule has 0 aliphatic carbocycles. The van der Waals surface area contributed by atoms with Gasteiger partial charge in [0.05, 0.1) is 17.2 Å². The third-order valence-corrected chi connectivity index (χ3v) is 8.43. The van der Waals surface area contributed by atoms with Crippen LogP contribution in [0.3, 0.4) is 0 Å². The molecule has 9 nitrogen and oxygen atoms in total. The number of carboxylic acid groups (broad SMARTS) is 1. The Bertz CT molecular complexity index is 1730. The second-order valence-corrected chi connectivity index (χ2v) is 11.2. The molecule has 0 bridgehead atoms. The number of carbonyl (C=O) groups is 3. The van der Waals surface area contributed by atoms with Crippen LogP contribution in [0.25, 0.3) is 11.1 Å². The quantitative estimate of drug-likeness (QED) is 0.239. The molecule has 1 fully saturated rings. The number of fused-ring (bicyclic) bond motifs is 1. The lowest BCUT2D eigenvalue weighted by Gasteiger charge is -2.20. The molecule has 1 aliphatic rings. The van der Waals surface area contributed by atoms with Crippen LogP contribution in [-0.2, 0) is 16.0 Å². The Balaban J connectivity index is 1.12. The van der Waals surface area contributed by atoms with Crippen molar-refractivity contribution in [3.05, 3.63) is 106 Å². The molecule has 3 aromatic carbocycles. The lowest BCUT2D eigenvalue weighted by Crippen LogP contribution is -2.29. The molecule has 2 N–H and O–H groups in total. The summed E-state index contributed by atoms with van der Waals surface area (Å²) in [7, 11) is 1.71. The number of amides is 2. The van der Waals surface area contributed by atoms with Crippen molar-refractivity contribution in [1.82, 2.24) is 9.88 Å². The van der Waals surface area contributed by atoms with Gasteiger partial charge in [0.15, 0.2) is 5.58 Å². The van der Waals surface area contributed by atoms with E-state index in [0.29, 0.717) is 34.2 Å². The Kier molecular flexibility index (Phi) is 7.45. The summed E-state index contributed by atoms with van der Waals surface area (Å²) < 4.78 is 5.86. The van der Waals surface area contributed by atoms with Gasteiger partial charge in [0, 0.05) is 37.4 Å². The largest absolute Gasteiger partial charge is 0.481 e. The number of carboxylic acids is 1. The number of rotatable bonds is 8. The SMILES string of the molecule is CN(C(=O)Cc1ccc2nc(Nc3ccccc3)oc2c1)c1ccc(C2CN(C(=O)c3cccs3)CC2C(=O)O)cc1. The molecule has 5 aromatic rings. The predicted molar refractivity (Wildman–Crippen MR) is 161 cm³/mol. The summed E-state index contributed by atoms with van der Waals surface area (Å²) in [5.74, 6) is -2.22. The maximum atomic E-state index is 13.2. The number of benzene rings is 3. The number of nitrogens with zero attached hydrogens (tertiary/aromatic N) is 3. The fourth-order valence-electron chi connectivity index (χ4n) is 5.27. The van der Waals surface area contributed by atoms with Crippen molar-refractivity contribution < 1.29 is 23.9 Å². The topological polar surface area (TPSA) is 116 Å². The fraction of sp³-hybridized carbons (Fsp3) is 0.188. The van der Waals surface area contributed by atoms with E-state index in [9.17, 15) is 19.5 Å². The first-order chi connectivity index (χ1) is 20.4. The average molecular weight is 581 g/mol. The maximum Gasteiger partial charge on any atom is 0.308 e. The van der Waals surface area contributed by atoms with Gasteiger partial charge in [0.2, 0.25) is 5.91 Å². The Morgan fingerprint density at radius 3 is 2.52 bits per heavy atom. The van der Waals surface area contributed by atoms with Crippen LogP contribution in [0.4, 0.5) is 17.4 Å². The highest BCUT2D eigenvalue weighted by Crippen LogP contribution is 2.35. The molecule has 2 atom stereocenters. The number of para-hydroxylation sites is 1. The van der Waals surface area contributed by atoms with Gasteiger partial charge in [-0.3, -0.25) is 14.4 Å². The van der Waals surface area contributed by atoms with Gasteiger partial charge in [-0.2, -0.15) is 4.98 Å². The maximum absolute atomic E-state index is 13.2. The number of hydrogen-bond acceptors (Lipinski definition) is 7. The highest BCUT2D eigenvalue weighted by atomic mass is 32.1. The monoisotopic (exact) mass is 580 g/mol. The molecule has 0 spiro atoms. The Morgan fingerprint density at radius 1 is 1.02 bits per heavy atom. The third kappa shape index (κ3) is 5.61. The minimum atomic E-state index is -0.926. The van der Waals surface area contributed by atoms with Gasteiger partial charge in [-0.25, -0.2) is 0 Å². The Labute approximate surface area is 246 Å². The van der Waals surface area contributed by atoms with Crippen LogP contribution in [0, 0.1) is 5.92 Å². The molecule has 1 aliphatic heterocycles. The van der Waals surface area contributed by atoms with E-state index in [1.54, 1.807) is 22.9 Å². The number of carbonyl (C=O) groups excluding carboxylic acids is 2. The van der Waals surface area contributed by atoms with Crippen LogP contribution < -0.4 is 10.2 Å². The summed E-state index contributed by atoms with van der Waals surface area (Å²) in [5, 5.41) is 14.8. The van der Waals surface area contributed by atoms with Crippen molar-refractivity contribution in [3.63, 3.8) is 0 Å². The van der Waals surface area contributed by atoms with E-state index in [2.05, 4.69) is 10.3 Å². The molecule has 0 radical (unpaired) electrons. The zero-order valence-corrected chi connectivity index (χ0v) is 23.6. The summed E-state index contributed by atoms with van der Waals surface area (Å²) >= 11 is 1.35. The lowest BCUT2D eigenvalue weighted by molar-refractivity contribution is -0.141. The van der Waals surface area contributed by atoms with E-state index in [4.69, 9.17) is 4.42 Å². The van der Waals surface area contributed by atoms with Gasteiger partial charge in [0.25, 0.3) is 11.9 Å².